The van der Waals surface area contributed by atoms with Crippen molar-refractivity contribution < 1.29 is 4.79 Å². The average molecular weight is 367 g/mol. The molecular weight excluding hydrogens is 356 g/mol. The van der Waals surface area contributed by atoms with Crippen molar-refractivity contribution >= 4 is 38.8 Å². The van der Waals surface area contributed by atoms with Crippen LogP contribution in [0.15, 0.2) is 53.0 Å². The van der Waals surface area contributed by atoms with Gasteiger partial charge in [0.15, 0.2) is 5.92 Å². The molecule has 2 atom stereocenters. The monoisotopic (exact) mass is 366 g/mol. The Morgan fingerprint density at radius 3 is 2.83 bits per heavy atom. The van der Waals surface area contributed by atoms with Gasteiger partial charge in [0.1, 0.15) is 0 Å². The third kappa shape index (κ3) is 2.13. The second kappa shape index (κ2) is 5.21. The van der Waals surface area contributed by atoms with Crippen LogP contribution in [0.2, 0.25) is 0 Å². The molecule has 1 aliphatic rings. The number of imidazole rings is 1. The van der Waals surface area contributed by atoms with E-state index in [2.05, 4.69) is 32.3 Å². The molecular formula is C17H11BrN4O. The zero-order chi connectivity index (χ0) is 16.0. The van der Waals surface area contributed by atoms with E-state index >= 15 is 0 Å². The van der Waals surface area contributed by atoms with E-state index in [0.717, 1.165) is 21.1 Å². The summed E-state index contributed by atoms with van der Waals surface area (Å²) in [4.78, 5) is 16.8. The number of aromatic nitrogens is 2. The van der Waals surface area contributed by atoms with Crippen molar-refractivity contribution in [3.8, 4) is 6.07 Å². The summed E-state index contributed by atoms with van der Waals surface area (Å²) in [6, 6.07) is 17.1. The Bertz CT molecular complexity index is 972. The van der Waals surface area contributed by atoms with E-state index in [1.165, 1.54) is 0 Å². The summed E-state index contributed by atoms with van der Waals surface area (Å²) in [7, 11) is 0. The molecule has 1 amide bonds. The van der Waals surface area contributed by atoms with E-state index in [1.54, 1.807) is 0 Å². The molecule has 3 aromatic rings. The molecule has 1 N–H and O–H groups in total. The van der Waals surface area contributed by atoms with Gasteiger partial charge in [-0.25, -0.2) is 4.98 Å². The highest BCUT2D eigenvalue weighted by molar-refractivity contribution is 9.10. The number of hydrogen-bond acceptors (Lipinski definition) is 3. The third-order valence-corrected chi connectivity index (χ3v) is 4.53. The van der Waals surface area contributed by atoms with Gasteiger partial charge in [0.2, 0.25) is 11.9 Å². The molecule has 1 aliphatic heterocycles. The fourth-order valence-electron chi connectivity index (χ4n) is 3.06. The van der Waals surface area contributed by atoms with Crippen LogP contribution in [0.25, 0.3) is 11.0 Å². The van der Waals surface area contributed by atoms with Crippen LogP contribution in [0.3, 0.4) is 0 Å². The SMILES string of the molecule is N#C[C@H]1C(=O)Nc2nc3ccccc3n2[C@@H]1c1cccc(Br)c1. The molecule has 0 saturated carbocycles. The number of fused-ring (bicyclic) bond motifs is 3. The summed E-state index contributed by atoms with van der Waals surface area (Å²) < 4.78 is 2.84. The molecule has 1 aromatic heterocycles. The number of amides is 1. The first-order chi connectivity index (χ1) is 11.2. The number of hydrogen-bond donors (Lipinski definition) is 1. The maximum Gasteiger partial charge on any atom is 0.246 e. The zero-order valence-electron chi connectivity index (χ0n) is 11.9. The molecule has 5 nitrogen and oxygen atoms in total. The number of carbonyl (C=O) groups excluding carboxylic acids is 1. The Kier molecular flexibility index (Phi) is 3.17. The lowest BCUT2D eigenvalue weighted by molar-refractivity contribution is -0.119. The minimum Gasteiger partial charge on any atom is -0.300 e. The topological polar surface area (TPSA) is 70.7 Å². The number of nitrogens with zero attached hydrogens (tertiary/aromatic N) is 3. The first-order valence-corrected chi connectivity index (χ1v) is 7.91. The van der Waals surface area contributed by atoms with Gasteiger partial charge in [-0.15, -0.1) is 0 Å². The van der Waals surface area contributed by atoms with Crippen LogP contribution >= 0.6 is 15.9 Å². The molecule has 4 rings (SSSR count). The highest BCUT2D eigenvalue weighted by Gasteiger charge is 2.38. The summed E-state index contributed by atoms with van der Waals surface area (Å²) >= 11 is 3.46. The van der Waals surface area contributed by atoms with Gasteiger partial charge in [-0.05, 0) is 29.8 Å². The van der Waals surface area contributed by atoms with Crippen LogP contribution in [0.4, 0.5) is 5.95 Å². The molecule has 0 spiro atoms. The van der Waals surface area contributed by atoms with E-state index < -0.39 is 12.0 Å². The molecule has 2 heterocycles. The van der Waals surface area contributed by atoms with Crippen LogP contribution in [-0.2, 0) is 4.79 Å². The normalized spacial score (nSPS) is 19.9. The van der Waals surface area contributed by atoms with Gasteiger partial charge in [-0.3, -0.25) is 10.1 Å². The Labute approximate surface area is 140 Å². The first kappa shape index (κ1) is 14.0. The Hall–Kier alpha value is -2.65. The molecule has 0 unspecified atom stereocenters. The van der Waals surface area contributed by atoms with Crippen molar-refractivity contribution in [2.45, 2.75) is 6.04 Å². The van der Waals surface area contributed by atoms with E-state index in [1.807, 2.05) is 53.1 Å². The number of benzene rings is 2. The third-order valence-electron chi connectivity index (χ3n) is 4.04. The predicted octanol–water partition coefficient (Wildman–Crippen LogP) is 3.48. The van der Waals surface area contributed by atoms with E-state index in [0.29, 0.717) is 5.95 Å². The maximum atomic E-state index is 12.3. The van der Waals surface area contributed by atoms with Gasteiger partial charge < -0.3 is 4.57 Å². The van der Waals surface area contributed by atoms with Crippen molar-refractivity contribution in [3.05, 3.63) is 58.6 Å². The number of rotatable bonds is 1. The standard InChI is InChI=1S/C17H11BrN4O/c18-11-5-3-4-10(8-11)15-12(9-19)16(23)21-17-20-13-6-1-2-7-14(13)22(15)17/h1-8,12,15H,(H,20,21,23)/t12-,15-/m1/s1. The van der Waals surface area contributed by atoms with Crippen molar-refractivity contribution in [2.75, 3.05) is 5.32 Å². The Morgan fingerprint density at radius 2 is 2.04 bits per heavy atom. The second-order valence-corrected chi connectivity index (χ2v) is 6.31. The van der Waals surface area contributed by atoms with Crippen LogP contribution < -0.4 is 5.32 Å². The molecule has 0 radical (unpaired) electrons. The lowest BCUT2D eigenvalue weighted by atomic mass is 9.91. The first-order valence-electron chi connectivity index (χ1n) is 7.12. The Balaban J connectivity index is 2.02. The maximum absolute atomic E-state index is 12.3. The summed E-state index contributed by atoms with van der Waals surface area (Å²) in [5.74, 6) is -0.651. The number of nitriles is 1. The molecule has 112 valence electrons. The highest BCUT2D eigenvalue weighted by Crippen LogP contribution is 2.38. The Morgan fingerprint density at radius 1 is 1.22 bits per heavy atom. The number of nitrogens with one attached hydrogen (secondary N) is 1. The van der Waals surface area contributed by atoms with Crippen LogP contribution in [0, 0.1) is 17.2 Å². The predicted molar refractivity (Wildman–Crippen MR) is 89.7 cm³/mol. The van der Waals surface area contributed by atoms with Crippen molar-refractivity contribution in [2.24, 2.45) is 5.92 Å². The molecule has 0 bridgehead atoms. The van der Waals surface area contributed by atoms with Crippen LogP contribution in [-0.4, -0.2) is 15.5 Å². The van der Waals surface area contributed by atoms with Crippen molar-refractivity contribution in [3.63, 3.8) is 0 Å². The smallest absolute Gasteiger partial charge is 0.246 e. The minimum atomic E-state index is -0.811. The van der Waals surface area contributed by atoms with E-state index in [-0.39, 0.29) is 5.91 Å². The summed E-state index contributed by atoms with van der Waals surface area (Å²) in [5, 5.41) is 12.3. The number of halogens is 1. The molecule has 2 aromatic carbocycles. The van der Waals surface area contributed by atoms with Gasteiger partial charge >= 0.3 is 0 Å². The van der Waals surface area contributed by atoms with E-state index in [9.17, 15) is 10.1 Å². The van der Waals surface area contributed by atoms with Crippen molar-refractivity contribution in [1.29, 1.82) is 5.26 Å². The fraction of sp³-hybridized carbons (Fsp3) is 0.118. The van der Waals surface area contributed by atoms with Crippen LogP contribution in [0.5, 0.6) is 0 Å². The number of carbonyl (C=O) groups is 1. The average Bonchev–Trinajstić information content (AvgIpc) is 2.91. The van der Waals surface area contributed by atoms with Gasteiger partial charge in [0.05, 0.1) is 23.1 Å². The van der Waals surface area contributed by atoms with Gasteiger partial charge in [0.25, 0.3) is 0 Å². The second-order valence-electron chi connectivity index (χ2n) is 5.39. The minimum absolute atomic E-state index is 0.319. The fourth-order valence-corrected chi connectivity index (χ4v) is 3.47. The lowest BCUT2D eigenvalue weighted by Crippen LogP contribution is -2.37. The molecule has 0 saturated heterocycles. The number of para-hydroxylation sites is 2. The largest absolute Gasteiger partial charge is 0.300 e. The highest BCUT2D eigenvalue weighted by atomic mass is 79.9. The van der Waals surface area contributed by atoms with Gasteiger partial charge in [-0.1, -0.05) is 40.2 Å². The molecule has 23 heavy (non-hydrogen) atoms. The zero-order valence-corrected chi connectivity index (χ0v) is 13.5. The van der Waals surface area contributed by atoms with Crippen molar-refractivity contribution in [1.82, 2.24) is 9.55 Å². The van der Waals surface area contributed by atoms with Gasteiger partial charge in [0, 0.05) is 4.47 Å². The quantitative estimate of drug-likeness (QED) is 0.716. The number of anilines is 1. The molecule has 0 aliphatic carbocycles. The lowest BCUT2D eigenvalue weighted by Gasteiger charge is -2.30. The van der Waals surface area contributed by atoms with E-state index in [4.69, 9.17) is 0 Å². The molecule has 0 fully saturated rings. The summed E-state index contributed by atoms with van der Waals surface area (Å²) in [5.41, 5.74) is 2.58. The van der Waals surface area contributed by atoms with Crippen LogP contribution in [0.1, 0.15) is 11.6 Å². The van der Waals surface area contributed by atoms with Gasteiger partial charge in [-0.2, -0.15) is 5.26 Å². The summed E-state index contributed by atoms with van der Waals surface area (Å²) in [6.45, 7) is 0. The molecule has 6 heteroatoms. The summed E-state index contributed by atoms with van der Waals surface area (Å²) in [6.07, 6.45) is 0.